The number of hydrogen-bond donors (Lipinski definition) is 1. The van der Waals surface area contributed by atoms with Crippen molar-refractivity contribution in [2.45, 2.75) is 26.2 Å². The maximum atomic E-state index is 13.0. The van der Waals surface area contributed by atoms with Crippen molar-refractivity contribution in [3.8, 4) is 17.0 Å². The highest BCUT2D eigenvalue weighted by molar-refractivity contribution is 6.06. The first-order valence-corrected chi connectivity index (χ1v) is 10.9. The third-order valence-electron chi connectivity index (χ3n) is 5.58. The first-order valence-electron chi connectivity index (χ1n) is 10.9. The second kappa shape index (κ2) is 9.72. The number of nitrogens with one attached hydrogen (secondary N) is 1. The number of carbonyl (C=O) groups excluding carboxylic acids is 1. The minimum absolute atomic E-state index is 0.115. The van der Waals surface area contributed by atoms with Crippen LogP contribution >= 0.6 is 0 Å². The number of hydrogen-bond acceptors (Lipinski definition) is 4. The number of carbonyl (C=O) groups is 1. The molecule has 2 aromatic carbocycles. The molecule has 156 valence electrons. The summed E-state index contributed by atoms with van der Waals surface area (Å²) in [5, 5.41) is 4.97. The Labute approximate surface area is 178 Å². The van der Waals surface area contributed by atoms with Gasteiger partial charge >= 0.3 is 0 Å². The number of ether oxygens (including phenoxy) is 1. The Kier molecular flexibility index (Phi) is 6.60. The summed E-state index contributed by atoms with van der Waals surface area (Å²) >= 11 is 0. The van der Waals surface area contributed by atoms with Crippen LogP contribution in [0.2, 0.25) is 0 Å². The molecule has 0 bridgehead atoms. The minimum atomic E-state index is -0.115. The molecule has 1 saturated heterocycles. The molecule has 0 radical (unpaired) electrons. The largest absolute Gasteiger partial charge is 0.494 e. The summed E-state index contributed by atoms with van der Waals surface area (Å²) in [5.74, 6) is 0.716. The Morgan fingerprint density at radius 2 is 1.83 bits per heavy atom. The highest BCUT2D eigenvalue weighted by Gasteiger charge is 2.15. The lowest BCUT2D eigenvalue weighted by Crippen LogP contribution is -2.37. The molecule has 4 rings (SSSR count). The van der Waals surface area contributed by atoms with Crippen LogP contribution < -0.4 is 10.1 Å². The fourth-order valence-corrected chi connectivity index (χ4v) is 4.00. The van der Waals surface area contributed by atoms with Gasteiger partial charge in [0.2, 0.25) is 0 Å². The number of amides is 1. The van der Waals surface area contributed by atoms with E-state index < -0.39 is 0 Å². The van der Waals surface area contributed by atoms with Crippen LogP contribution in [-0.4, -0.2) is 48.6 Å². The van der Waals surface area contributed by atoms with Crippen molar-refractivity contribution in [3.05, 3.63) is 60.3 Å². The predicted octanol–water partition coefficient (Wildman–Crippen LogP) is 4.52. The van der Waals surface area contributed by atoms with E-state index in [4.69, 9.17) is 9.72 Å². The van der Waals surface area contributed by atoms with Crippen LogP contribution in [-0.2, 0) is 0 Å². The van der Waals surface area contributed by atoms with Gasteiger partial charge in [-0.25, -0.2) is 4.98 Å². The van der Waals surface area contributed by atoms with Gasteiger partial charge < -0.3 is 15.0 Å². The van der Waals surface area contributed by atoms with E-state index >= 15 is 0 Å². The van der Waals surface area contributed by atoms with Crippen LogP contribution in [0.3, 0.4) is 0 Å². The summed E-state index contributed by atoms with van der Waals surface area (Å²) < 4.78 is 5.53. The third-order valence-corrected chi connectivity index (χ3v) is 5.58. The number of pyridine rings is 1. The van der Waals surface area contributed by atoms with Crippen LogP contribution in [0.1, 0.15) is 36.7 Å². The predicted molar refractivity (Wildman–Crippen MR) is 121 cm³/mol. The maximum Gasteiger partial charge on any atom is 0.270 e. The molecular formula is C25H29N3O2. The molecule has 3 aromatic rings. The second-order valence-electron chi connectivity index (χ2n) is 7.69. The fourth-order valence-electron chi connectivity index (χ4n) is 4.00. The maximum absolute atomic E-state index is 13.0. The summed E-state index contributed by atoms with van der Waals surface area (Å²) in [4.78, 5) is 20.2. The van der Waals surface area contributed by atoms with Crippen molar-refractivity contribution in [1.82, 2.24) is 15.2 Å². The lowest BCUT2D eigenvalue weighted by molar-refractivity contribution is 0.0943. The van der Waals surface area contributed by atoms with Gasteiger partial charge in [-0.05, 0) is 68.6 Å². The molecule has 1 amide bonds. The molecule has 0 atom stereocenters. The average Bonchev–Trinajstić information content (AvgIpc) is 2.80. The van der Waals surface area contributed by atoms with Gasteiger partial charge in [-0.3, -0.25) is 4.79 Å². The topological polar surface area (TPSA) is 54.5 Å². The van der Waals surface area contributed by atoms with Gasteiger partial charge in [0.25, 0.3) is 5.91 Å². The number of rotatable bonds is 7. The Morgan fingerprint density at radius 3 is 2.60 bits per heavy atom. The monoisotopic (exact) mass is 403 g/mol. The number of likely N-dealkylation sites (tertiary alicyclic amines) is 1. The average molecular weight is 404 g/mol. The zero-order valence-electron chi connectivity index (χ0n) is 17.6. The quantitative estimate of drug-likeness (QED) is 0.630. The lowest BCUT2D eigenvalue weighted by atomic mass is 10.0. The zero-order chi connectivity index (χ0) is 20.8. The number of aromatic nitrogens is 1. The lowest BCUT2D eigenvalue weighted by Gasteiger charge is -2.26. The molecule has 2 heterocycles. The summed E-state index contributed by atoms with van der Waals surface area (Å²) in [7, 11) is 0. The smallest absolute Gasteiger partial charge is 0.270 e. The normalized spacial score (nSPS) is 14.6. The molecular weight excluding hydrogens is 374 g/mol. The number of piperidine rings is 1. The molecule has 0 aliphatic carbocycles. The SMILES string of the molecule is CCOc1ccc(-c2cc3ccccc3c(C(=O)NCCN3CCCCC3)n2)cc1. The van der Waals surface area contributed by atoms with Crippen LogP contribution in [0.4, 0.5) is 0 Å². The standard InChI is InChI=1S/C25H29N3O2/c1-2-30-21-12-10-19(11-13-21)23-18-20-8-4-5-9-22(20)24(27-23)25(29)26-14-17-28-15-6-3-7-16-28/h4-5,8-13,18H,2-3,6-7,14-17H2,1H3,(H,26,29). The molecule has 1 fully saturated rings. The van der Waals surface area contributed by atoms with Crippen molar-refractivity contribution in [1.29, 1.82) is 0 Å². The van der Waals surface area contributed by atoms with Gasteiger partial charge in [-0.2, -0.15) is 0 Å². The van der Waals surface area contributed by atoms with Crippen LogP contribution in [0.15, 0.2) is 54.6 Å². The van der Waals surface area contributed by atoms with E-state index in [0.29, 0.717) is 18.8 Å². The first kappa shape index (κ1) is 20.4. The van der Waals surface area contributed by atoms with Crippen LogP contribution in [0.25, 0.3) is 22.0 Å². The molecule has 30 heavy (non-hydrogen) atoms. The molecule has 1 aliphatic rings. The Balaban J connectivity index is 1.55. The first-order chi connectivity index (χ1) is 14.7. The van der Waals surface area contributed by atoms with Crippen LogP contribution in [0.5, 0.6) is 5.75 Å². The van der Waals surface area contributed by atoms with E-state index in [1.165, 1.54) is 19.3 Å². The Morgan fingerprint density at radius 1 is 1.07 bits per heavy atom. The van der Waals surface area contributed by atoms with Crippen molar-refractivity contribution in [2.75, 3.05) is 32.8 Å². The highest BCUT2D eigenvalue weighted by Crippen LogP contribution is 2.26. The minimum Gasteiger partial charge on any atom is -0.494 e. The summed E-state index contributed by atoms with van der Waals surface area (Å²) in [6.45, 7) is 6.39. The second-order valence-corrected chi connectivity index (χ2v) is 7.69. The third kappa shape index (κ3) is 4.79. The van der Waals surface area contributed by atoms with E-state index in [2.05, 4.69) is 10.2 Å². The van der Waals surface area contributed by atoms with E-state index in [9.17, 15) is 4.79 Å². The Hall–Kier alpha value is -2.92. The molecule has 5 heteroatoms. The van der Waals surface area contributed by atoms with Gasteiger partial charge in [-0.15, -0.1) is 0 Å². The molecule has 0 saturated carbocycles. The molecule has 5 nitrogen and oxygen atoms in total. The van der Waals surface area contributed by atoms with Gasteiger partial charge in [-0.1, -0.05) is 30.7 Å². The Bertz CT molecular complexity index is 995. The number of nitrogens with zero attached hydrogens (tertiary/aromatic N) is 2. The van der Waals surface area contributed by atoms with Gasteiger partial charge in [0.05, 0.1) is 12.3 Å². The van der Waals surface area contributed by atoms with E-state index in [0.717, 1.165) is 47.4 Å². The summed E-state index contributed by atoms with van der Waals surface area (Å²) in [6.07, 6.45) is 3.83. The zero-order valence-corrected chi connectivity index (χ0v) is 17.6. The molecule has 1 N–H and O–H groups in total. The summed E-state index contributed by atoms with van der Waals surface area (Å²) in [6, 6.07) is 17.8. The molecule has 1 aliphatic heterocycles. The molecule has 1 aromatic heterocycles. The van der Waals surface area contributed by atoms with Crippen molar-refractivity contribution < 1.29 is 9.53 Å². The summed E-state index contributed by atoms with van der Waals surface area (Å²) in [5.41, 5.74) is 2.24. The van der Waals surface area contributed by atoms with Crippen molar-refractivity contribution >= 4 is 16.7 Å². The number of fused-ring (bicyclic) bond motifs is 1. The van der Waals surface area contributed by atoms with Gasteiger partial charge in [0.1, 0.15) is 11.4 Å². The van der Waals surface area contributed by atoms with Crippen LogP contribution in [0, 0.1) is 0 Å². The van der Waals surface area contributed by atoms with Crippen molar-refractivity contribution in [3.63, 3.8) is 0 Å². The van der Waals surface area contributed by atoms with E-state index in [1.54, 1.807) is 0 Å². The molecule has 0 spiro atoms. The number of benzene rings is 2. The van der Waals surface area contributed by atoms with E-state index in [1.807, 2.05) is 61.5 Å². The van der Waals surface area contributed by atoms with Gasteiger partial charge in [0.15, 0.2) is 0 Å². The fraction of sp³-hybridized carbons (Fsp3) is 0.360. The van der Waals surface area contributed by atoms with Crippen molar-refractivity contribution in [2.24, 2.45) is 0 Å². The van der Waals surface area contributed by atoms with E-state index in [-0.39, 0.29) is 5.91 Å². The van der Waals surface area contributed by atoms with Gasteiger partial charge in [0, 0.05) is 24.0 Å². The molecule has 0 unspecified atom stereocenters. The highest BCUT2D eigenvalue weighted by atomic mass is 16.5.